The number of amides is 2. The van der Waals surface area contributed by atoms with Gasteiger partial charge in [-0.3, -0.25) is 9.59 Å². The van der Waals surface area contributed by atoms with Gasteiger partial charge in [0.1, 0.15) is 5.41 Å². The average Bonchev–Trinajstić information content (AvgIpc) is 2.96. The van der Waals surface area contributed by atoms with Gasteiger partial charge in [0.2, 0.25) is 11.8 Å². The Morgan fingerprint density at radius 3 is 2.76 bits per heavy atom. The molecule has 1 aliphatic carbocycles. The molecule has 1 aromatic rings. The molecule has 1 aromatic carbocycles. The number of carbonyl (C=O) groups is 2. The van der Waals surface area contributed by atoms with Gasteiger partial charge in [0.15, 0.2) is 0 Å². The van der Waals surface area contributed by atoms with Crippen molar-refractivity contribution in [3.05, 3.63) is 63.7 Å². The second kappa shape index (κ2) is 7.66. The van der Waals surface area contributed by atoms with E-state index in [1.165, 1.54) is 0 Å². The third-order valence-corrected chi connectivity index (χ3v) is 7.05. The molecule has 29 heavy (non-hydrogen) atoms. The summed E-state index contributed by atoms with van der Waals surface area (Å²) in [5, 5.41) is 7.51. The third-order valence-electron chi connectivity index (χ3n) is 6.53. The number of piperidine rings is 1. The molecule has 2 heterocycles. The van der Waals surface area contributed by atoms with E-state index in [9.17, 15) is 9.59 Å². The number of allylic oxidation sites excluding steroid dienone is 5. The standard InChI is InChI=1S/C23H24Cl2N2O2/c1-3-13(4-2)21-23(17-9-8-16(25)11-19(17)26-22(23)29)18(12-20(28)27-21)14-6-5-7-15(24)10-14/h3,5-9,11,14,18,21H,4,10,12H2,1-2H3,(H,26,29)(H,27,28)/b13-3+/t14?,18-,21+,23-/m0/s1. The lowest BCUT2D eigenvalue weighted by Crippen LogP contribution is -2.64. The Kier molecular flexibility index (Phi) is 5.34. The highest BCUT2D eigenvalue weighted by Gasteiger charge is 2.62. The van der Waals surface area contributed by atoms with Gasteiger partial charge in [-0.05, 0) is 55.4 Å². The highest BCUT2D eigenvalue weighted by Crippen LogP contribution is 2.54. The molecule has 0 bridgehead atoms. The molecule has 1 spiro atoms. The molecule has 4 rings (SSSR count). The molecular weight excluding hydrogens is 407 g/mol. The van der Waals surface area contributed by atoms with Crippen molar-refractivity contribution in [2.45, 2.75) is 44.6 Å². The number of carbonyl (C=O) groups excluding carboxylic acids is 2. The first-order chi connectivity index (χ1) is 13.9. The van der Waals surface area contributed by atoms with E-state index in [-0.39, 0.29) is 30.1 Å². The molecule has 152 valence electrons. The maximum atomic E-state index is 13.7. The second-order valence-corrected chi connectivity index (χ2v) is 8.83. The van der Waals surface area contributed by atoms with E-state index in [2.05, 4.69) is 23.6 Å². The van der Waals surface area contributed by atoms with E-state index in [4.69, 9.17) is 23.2 Å². The van der Waals surface area contributed by atoms with Crippen LogP contribution in [0.1, 0.15) is 38.7 Å². The normalized spacial score (nSPS) is 31.4. The maximum absolute atomic E-state index is 13.7. The summed E-state index contributed by atoms with van der Waals surface area (Å²) in [7, 11) is 0. The highest BCUT2D eigenvalue weighted by molar-refractivity contribution is 6.31. The first-order valence-electron chi connectivity index (χ1n) is 10.0. The van der Waals surface area contributed by atoms with Gasteiger partial charge in [0.25, 0.3) is 0 Å². The molecule has 6 heteroatoms. The maximum Gasteiger partial charge on any atom is 0.237 e. The molecule has 1 fully saturated rings. The first kappa shape index (κ1) is 20.2. The second-order valence-electron chi connectivity index (χ2n) is 7.91. The van der Waals surface area contributed by atoms with Crippen molar-refractivity contribution in [2.24, 2.45) is 11.8 Å². The van der Waals surface area contributed by atoms with Crippen LogP contribution < -0.4 is 10.6 Å². The van der Waals surface area contributed by atoms with Crippen molar-refractivity contribution in [1.29, 1.82) is 0 Å². The molecule has 4 atom stereocenters. The van der Waals surface area contributed by atoms with E-state index in [1.54, 1.807) is 6.07 Å². The lowest BCUT2D eigenvalue weighted by Gasteiger charge is -2.49. The largest absolute Gasteiger partial charge is 0.348 e. The summed E-state index contributed by atoms with van der Waals surface area (Å²) in [4.78, 5) is 26.5. The van der Waals surface area contributed by atoms with Gasteiger partial charge in [-0.1, -0.05) is 60.0 Å². The molecular formula is C23H24Cl2N2O2. The number of hydrogen-bond donors (Lipinski definition) is 2. The summed E-state index contributed by atoms with van der Waals surface area (Å²) in [5.41, 5.74) is 1.76. The van der Waals surface area contributed by atoms with Gasteiger partial charge in [0.05, 0.1) is 6.04 Å². The highest BCUT2D eigenvalue weighted by atomic mass is 35.5. The Hall–Kier alpha value is -2.04. The van der Waals surface area contributed by atoms with Crippen molar-refractivity contribution >= 4 is 40.7 Å². The number of nitrogens with one attached hydrogen (secondary N) is 2. The van der Waals surface area contributed by atoms with Crippen LogP contribution in [0.5, 0.6) is 0 Å². The summed E-state index contributed by atoms with van der Waals surface area (Å²) < 4.78 is 0. The van der Waals surface area contributed by atoms with Crippen molar-refractivity contribution in [3.63, 3.8) is 0 Å². The Bertz CT molecular complexity index is 966. The smallest absolute Gasteiger partial charge is 0.237 e. The summed E-state index contributed by atoms with van der Waals surface area (Å²) >= 11 is 12.6. The molecule has 3 aliphatic rings. The quantitative estimate of drug-likeness (QED) is 0.655. The number of fused-ring (bicyclic) bond motifs is 2. The van der Waals surface area contributed by atoms with E-state index in [1.807, 2.05) is 37.3 Å². The van der Waals surface area contributed by atoms with Crippen molar-refractivity contribution in [1.82, 2.24) is 5.32 Å². The fourth-order valence-electron chi connectivity index (χ4n) is 5.28. The van der Waals surface area contributed by atoms with Crippen LogP contribution in [0.3, 0.4) is 0 Å². The topological polar surface area (TPSA) is 58.2 Å². The monoisotopic (exact) mass is 430 g/mol. The molecule has 1 saturated heterocycles. The van der Waals surface area contributed by atoms with Crippen LogP contribution in [0.15, 0.2) is 53.1 Å². The Balaban J connectivity index is 1.95. The van der Waals surface area contributed by atoms with Gasteiger partial charge in [-0.25, -0.2) is 0 Å². The van der Waals surface area contributed by atoms with Crippen molar-refractivity contribution < 1.29 is 9.59 Å². The van der Waals surface area contributed by atoms with Gasteiger partial charge in [-0.15, -0.1) is 0 Å². The van der Waals surface area contributed by atoms with Gasteiger partial charge in [-0.2, -0.15) is 0 Å². The minimum atomic E-state index is -0.908. The Labute approximate surface area is 181 Å². The zero-order chi connectivity index (χ0) is 20.8. The molecule has 2 amide bonds. The molecule has 2 aliphatic heterocycles. The minimum Gasteiger partial charge on any atom is -0.348 e. The van der Waals surface area contributed by atoms with Crippen LogP contribution in [0.25, 0.3) is 0 Å². The Morgan fingerprint density at radius 1 is 1.28 bits per heavy atom. The third kappa shape index (κ3) is 3.13. The zero-order valence-electron chi connectivity index (χ0n) is 16.5. The van der Waals surface area contributed by atoms with Crippen LogP contribution >= 0.6 is 23.2 Å². The van der Waals surface area contributed by atoms with Gasteiger partial charge in [0, 0.05) is 22.2 Å². The van der Waals surface area contributed by atoms with Crippen molar-refractivity contribution in [2.75, 3.05) is 5.32 Å². The number of hydrogen-bond acceptors (Lipinski definition) is 2. The lowest BCUT2D eigenvalue weighted by molar-refractivity contribution is -0.133. The Morgan fingerprint density at radius 2 is 2.07 bits per heavy atom. The molecule has 4 nitrogen and oxygen atoms in total. The molecule has 0 saturated carbocycles. The van der Waals surface area contributed by atoms with Crippen molar-refractivity contribution in [3.8, 4) is 0 Å². The predicted octanol–water partition coefficient (Wildman–Crippen LogP) is 5.09. The van der Waals surface area contributed by atoms with Crippen LogP contribution in [0.2, 0.25) is 5.02 Å². The first-order valence-corrected chi connectivity index (χ1v) is 10.8. The minimum absolute atomic E-state index is 0.0107. The predicted molar refractivity (Wildman–Crippen MR) is 117 cm³/mol. The number of benzene rings is 1. The molecule has 2 N–H and O–H groups in total. The summed E-state index contributed by atoms with van der Waals surface area (Å²) in [6, 6.07) is 5.13. The fourth-order valence-corrected chi connectivity index (χ4v) is 5.70. The SMILES string of the molecule is C/C=C(\CC)[C@H]1NC(=O)C[C@@H](C2C=CC=C(Cl)C2)[C@]12C(=O)Nc1cc(Cl)ccc12. The van der Waals surface area contributed by atoms with E-state index in [0.29, 0.717) is 11.4 Å². The van der Waals surface area contributed by atoms with Crippen LogP contribution in [0, 0.1) is 11.8 Å². The van der Waals surface area contributed by atoms with Gasteiger partial charge < -0.3 is 10.6 Å². The molecule has 0 aromatic heterocycles. The van der Waals surface area contributed by atoms with E-state index in [0.717, 1.165) is 28.3 Å². The van der Waals surface area contributed by atoms with Crippen LogP contribution in [-0.2, 0) is 15.0 Å². The average molecular weight is 431 g/mol. The summed E-state index contributed by atoms with van der Waals surface area (Å²) in [6.45, 7) is 4.01. The van der Waals surface area contributed by atoms with Gasteiger partial charge >= 0.3 is 0 Å². The van der Waals surface area contributed by atoms with Crippen LogP contribution in [0.4, 0.5) is 5.69 Å². The summed E-state index contributed by atoms with van der Waals surface area (Å²) in [6.07, 6.45) is 9.53. The fraction of sp³-hybridized carbons (Fsp3) is 0.391. The number of anilines is 1. The molecule has 1 unspecified atom stereocenters. The number of rotatable bonds is 3. The van der Waals surface area contributed by atoms with E-state index >= 15 is 0 Å². The van der Waals surface area contributed by atoms with E-state index < -0.39 is 11.5 Å². The molecule has 0 radical (unpaired) electrons. The lowest BCUT2D eigenvalue weighted by atomic mass is 9.56. The van der Waals surface area contributed by atoms with Crippen LogP contribution in [-0.4, -0.2) is 17.9 Å². The zero-order valence-corrected chi connectivity index (χ0v) is 18.0. The number of halogens is 2. The summed E-state index contributed by atoms with van der Waals surface area (Å²) in [5.74, 6) is -0.350.